The molecule has 0 aliphatic heterocycles. The lowest BCUT2D eigenvalue weighted by Crippen LogP contribution is -2.29. The third-order valence-corrected chi connectivity index (χ3v) is 2.74. The van der Waals surface area contributed by atoms with Gasteiger partial charge in [0.15, 0.2) is 0 Å². The summed E-state index contributed by atoms with van der Waals surface area (Å²) in [5.74, 6) is 0.0186. The topological polar surface area (TPSA) is 58.4 Å². The van der Waals surface area contributed by atoms with E-state index in [-0.39, 0.29) is 36.8 Å². The second kappa shape index (κ2) is 12.0. The van der Waals surface area contributed by atoms with Gasteiger partial charge in [-0.2, -0.15) is 0 Å². The normalized spacial score (nSPS) is 11.2. The highest BCUT2D eigenvalue weighted by atomic mass is 35.5. The maximum Gasteiger partial charge on any atom is 0.221 e. The fourth-order valence-electron chi connectivity index (χ4n) is 1.71. The number of carbonyl (C=O) groups excluding carboxylic acids is 1. The molecule has 0 heterocycles. The molecule has 1 atom stereocenters. The van der Waals surface area contributed by atoms with Crippen molar-refractivity contribution < 1.29 is 4.79 Å². The molecule has 1 unspecified atom stereocenters. The smallest absolute Gasteiger partial charge is 0.221 e. The van der Waals surface area contributed by atoms with Crippen LogP contribution in [0, 0.1) is 0 Å². The lowest BCUT2D eigenvalue weighted by atomic mass is 10.0. The van der Waals surface area contributed by atoms with Gasteiger partial charge in [0.25, 0.3) is 0 Å². The van der Waals surface area contributed by atoms with E-state index in [1.807, 2.05) is 44.4 Å². The van der Waals surface area contributed by atoms with Gasteiger partial charge in [-0.1, -0.05) is 30.3 Å². The Bertz CT molecular complexity index is 361. The Balaban J connectivity index is 0. The van der Waals surface area contributed by atoms with E-state index in [1.54, 1.807) is 0 Å². The first-order chi connectivity index (χ1) is 8.59. The quantitative estimate of drug-likeness (QED) is 0.755. The number of hydrogen-bond acceptors (Lipinski definition) is 3. The van der Waals surface area contributed by atoms with Crippen LogP contribution in [0.25, 0.3) is 0 Å². The Morgan fingerprint density at radius 1 is 1.25 bits per heavy atom. The molecule has 0 aliphatic rings. The molecule has 1 aromatic carbocycles. The minimum absolute atomic E-state index is 0. The van der Waals surface area contributed by atoms with Gasteiger partial charge in [-0.3, -0.25) is 4.79 Å². The number of hydrogen-bond donors (Lipinski definition) is 2. The van der Waals surface area contributed by atoms with Crippen LogP contribution in [0.2, 0.25) is 0 Å². The molecule has 0 aliphatic carbocycles. The van der Waals surface area contributed by atoms with Gasteiger partial charge in [-0.05, 0) is 32.6 Å². The Kier molecular flexibility index (Phi) is 12.9. The molecule has 0 saturated heterocycles. The predicted octanol–water partition coefficient (Wildman–Crippen LogP) is 1.99. The van der Waals surface area contributed by atoms with E-state index in [0.29, 0.717) is 13.0 Å². The van der Waals surface area contributed by atoms with E-state index in [1.165, 1.54) is 0 Å². The molecular weight excluding hydrogens is 297 g/mol. The maximum absolute atomic E-state index is 11.7. The highest BCUT2D eigenvalue weighted by Gasteiger charge is 2.10. The van der Waals surface area contributed by atoms with Crippen LogP contribution in [-0.4, -0.2) is 38.0 Å². The van der Waals surface area contributed by atoms with Crippen molar-refractivity contribution >= 4 is 30.7 Å². The molecule has 116 valence electrons. The summed E-state index contributed by atoms with van der Waals surface area (Å²) in [6, 6.07) is 9.49. The van der Waals surface area contributed by atoms with Crippen LogP contribution in [0.15, 0.2) is 30.3 Å². The SMILES string of the molecule is CN(C)CCCNC(=O)CC(N)c1ccccc1.Cl.Cl. The second-order valence-corrected chi connectivity index (χ2v) is 4.73. The van der Waals surface area contributed by atoms with Crippen LogP contribution in [0.1, 0.15) is 24.4 Å². The molecule has 1 rings (SSSR count). The first-order valence-corrected chi connectivity index (χ1v) is 6.31. The van der Waals surface area contributed by atoms with Crippen molar-refractivity contribution in [3.63, 3.8) is 0 Å². The summed E-state index contributed by atoms with van der Waals surface area (Å²) in [6.45, 7) is 1.68. The number of nitrogens with one attached hydrogen (secondary N) is 1. The zero-order valence-electron chi connectivity index (χ0n) is 12.0. The van der Waals surface area contributed by atoms with Gasteiger partial charge in [0, 0.05) is 19.0 Å². The van der Waals surface area contributed by atoms with Crippen LogP contribution >= 0.6 is 24.8 Å². The summed E-state index contributed by atoms with van der Waals surface area (Å²) in [6.07, 6.45) is 1.30. The molecule has 0 radical (unpaired) electrons. The lowest BCUT2D eigenvalue weighted by molar-refractivity contribution is -0.121. The summed E-state index contributed by atoms with van der Waals surface area (Å²) < 4.78 is 0. The third-order valence-electron chi connectivity index (χ3n) is 2.74. The Labute approximate surface area is 133 Å². The lowest BCUT2D eigenvalue weighted by Gasteiger charge is -2.13. The van der Waals surface area contributed by atoms with Gasteiger partial charge in [0.2, 0.25) is 5.91 Å². The summed E-state index contributed by atoms with van der Waals surface area (Å²) >= 11 is 0. The van der Waals surface area contributed by atoms with E-state index in [0.717, 1.165) is 18.5 Å². The number of carbonyl (C=O) groups is 1. The largest absolute Gasteiger partial charge is 0.356 e. The number of benzene rings is 1. The molecule has 0 saturated carbocycles. The Hall–Kier alpha value is -0.810. The monoisotopic (exact) mass is 321 g/mol. The van der Waals surface area contributed by atoms with Crippen molar-refractivity contribution in [3.05, 3.63) is 35.9 Å². The first-order valence-electron chi connectivity index (χ1n) is 6.31. The molecule has 1 aromatic rings. The average Bonchev–Trinajstić information content (AvgIpc) is 2.35. The van der Waals surface area contributed by atoms with Gasteiger partial charge in [0.05, 0.1) is 0 Å². The molecule has 0 bridgehead atoms. The predicted molar refractivity (Wildman–Crippen MR) is 88.7 cm³/mol. The van der Waals surface area contributed by atoms with E-state index >= 15 is 0 Å². The highest BCUT2D eigenvalue weighted by molar-refractivity contribution is 5.85. The van der Waals surface area contributed by atoms with Crippen LogP contribution in [0.4, 0.5) is 0 Å². The Morgan fingerprint density at radius 2 is 1.85 bits per heavy atom. The van der Waals surface area contributed by atoms with E-state index in [4.69, 9.17) is 5.73 Å². The fraction of sp³-hybridized carbons (Fsp3) is 0.500. The maximum atomic E-state index is 11.7. The van der Waals surface area contributed by atoms with Gasteiger partial charge in [-0.15, -0.1) is 24.8 Å². The molecule has 20 heavy (non-hydrogen) atoms. The molecule has 0 fully saturated rings. The molecule has 1 amide bonds. The molecule has 4 nitrogen and oxygen atoms in total. The summed E-state index contributed by atoms with van der Waals surface area (Å²) in [7, 11) is 4.04. The Morgan fingerprint density at radius 3 is 2.40 bits per heavy atom. The van der Waals surface area contributed by atoms with Crippen LogP contribution < -0.4 is 11.1 Å². The van der Waals surface area contributed by atoms with Gasteiger partial charge in [-0.25, -0.2) is 0 Å². The van der Waals surface area contributed by atoms with E-state index in [9.17, 15) is 4.79 Å². The molecular formula is C14H25Cl2N3O. The summed E-state index contributed by atoms with van der Waals surface area (Å²) in [4.78, 5) is 13.8. The number of nitrogens with two attached hydrogens (primary N) is 1. The van der Waals surface area contributed by atoms with Crippen LogP contribution in [-0.2, 0) is 4.79 Å². The van der Waals surface area contributed by atoms with E-state index < -0.39 is 0 Å². The molecule has 0 spiro atoms. The van der Waals surface area contributed by atoms with Gasteiger partial charge < -0.3 is 16.0 Å². The summed E-state index contributed by atoms with van der Waals surface area (Å²) in [5.41, 5.74) is 6.98. The minimum Gasteiger partial charge on any atom is -0.356 e. The van der Waals surface area contributed by atoms with Crippen molar-refractivity contribution in [2.75, 3.05) is 27.2 Å². The van der Waals surface area contributed by atoms with Crippen LogP contribution in [0.3, 0.4) is 0 Å². The zero-order chi connectivity index (χ0) is 13.4. The number of nitrogens with zero attached hydrogens (tertiary/aromatic N) is 1. The van der Waals surface area contributed by atoms with Crippen molar-refractivity contribution in [2.45, 2.75) is 18.9 Å². The summed E-state index contributed by atoms with van der Waals surface area (Å²) in [5, 5.41) is 2.89. The van der Waals surface area contributed by atoms with Crippen LogP contribution in [0.5, 0.6) is 0 Å². The number of amides is 1. The fourth-order valence-corrected chi connectivity index (χ4v) is 1.71. The highest BCUT2D eigenvalue weighted by Crippen LogP contribution is 2.12. The first kappa shape index (κ1) is 21.5. The minimum atomic E-state index is -0.222. The van der Waals surface area contributed by atoms with E-state index in [2.05, 4.69) is 10.2 Å². The van der Waals surface area contributed by atoms with Crippen molar-refractivity contribution in [1.82, 2.24) is 10.2 Å². The van der Waals surface area contributed by atoms with Crippen molar-refractivity contribution in [2.24, 2.45) is 5.73 Å². The second-order valence-electron chi connectivity index (χ2n) is 4.73. The zero-order valence-corrected chi connectivity index (χ0v) is 13.7. The standard InChI is InChI=1S/C14H23N3O.2ClH/c1-17(2)10-6-9-16-14(18)11-13(15)12-7-4-3-5-8-12;;/h3-5,7-8,13H,6,9-11,15H2,1-2H3,(H,16,18);2*1H. The third kappa shape index (κ3) is 9.15. The van der Waals surface area contributed by atoms with Gasteiger partial charge in [0.1, 0.15) is 0 Å². The average molecular weight is 322 g/mol. The number of rotatable bonds is 7. The molecule has 0 aromatic heterocycles. The number of halogens is 2. The molecule has 3 N–H and O–H groups in total. The van der Waals surface area contributed by atoms with Crippen molar-refractivity contribution in [3.8, 4) is 0 Å². The molecule has 6 heteroatoms. The van der Waals surface area contributed by atoms with Gasteiger partial charge >= 0.3 is 0 Å². The van der Waals surface area contributed by atoms with Crippen molar-refractivity contribution in [1.29, 1.82) is 0 Å².